The van der Waals surface area contributed by atoms with Crippen molar-refractivity contribution in [3.05, 3.63) is 89.7 Å². The predicted molar refractivity (Wildman–Crippen MR) is 99.6 cm³/mol. The number of benzene rings is 2. The van der Waals surface area contributed by atoms with Crippen LogP contribution >= 0.6 is 0 Å². The molecule has 0 aliphatic heterocycles. The van der Waals surface area contributed by atoms with Crippen molar-refractivity contribution in [2.24, 2.45) is 0 Å². The second-order valence-corrected chi connectivity index (χ2v) is 6.11. The molecule has 126 valence electrons. The van der Waals surface area contributed by atoms with Gasteiger partial charge in [0, 0.05) is 18.0 Å². The summed E-state index contributed by atoms with van der Waals surface area (Å²) in [4.78, 5) is 12.3. The molecule has 0 unspecified atom stereocenters. The van der Waals surface area contributed by atoms with E-state index in [2.05, 4.69) is 6.07 Å². The van der Waals surface area contributed by atoms with Crippen LogP contribution in [0.5, 0.6) is 0 Å². The van der Waals surface area contributed by atoms with Crippen molar-refractivity contribution in [2.75, 3.05) is 0 Å². The van der Waals surface area contributed by atoms with E-state index in [1.54, 1.807) is 0 Å². The molecule has 4 heteroatoms. The second-order valence-electron chi connectivity index (χ2n) is 6.11. The third-order valence-electron chi connectivity index (χ3n) is 4.48. The van der Waals surface area contributed by atoms with Gasteiger partial charge in [0.05, 0.1) is 17.5 Å². The Morgan fingerprint density at radius 2 is 1.81 bits per heavy atom. The van der Waals surface area contributed by atoms with Gasteiger partial charge in [-0.25, -0.2) is 0 Å². The number of aromatic nitrogens is 1. The van der Waals surface area contributed by atoms with E-state index < -0.39 is 0 Å². The molecular formula is C22H16N2O2. The topological polar surface area (TPSA) is 54.5 Å². The molecule has 0 saturated heterocycles. The summed E-state index contributed by atoms with van der Waals surface area (Å²) in [6.45, 7) is 0.0914. The summed E-state index contributed by atoms with van der Waals surface area (Å²) >= 11 is 0. The lowest BCUT2D eigenvalue weighted by Gasteiger charge is -2.07. The molecule has 0 saturated carbocycles. The third-order valence-corrected chi connectivity index (χ3v) is 4.48. The summed E-state index contributed by atoms with van der Waals surface area (Å²) in [5, 5.41) is 11.6. The maximum atomic E-state index is 12.3. The van der Waals surface area contributed by atoms with E-state index in [0.29, 0.717) is 11.1 Å². The molecule has 0 spiro atoms. The molecule has 2 heterocycles. The van der Waals surface area contributed by atoms with Gasteiger partial charge in [0.2, 0.25) is 0 Å². The maximum Gasteiger partial charge on any atom is 0.310 e. The van der Waals surface area contributed by atoms with E-state index >= 15 is 0 Å². The molecule has 2 aromatic heterocycles. The SMILES string of the molecule is N#Cc1c(COC(=O)Cc2cccc3ccccc23)cn2ccccc12. The number of rotatable bonds is 4. The smallest absolute Gasteiger partial charge is 0.310 e. The molecule has 0 aliphatic rings. The van der Waals surface area contributed by atoms with Crippen molar-refractivity contribution in [1.82, 2.24) is 4.40 Å². The van der Waals surface area contributed by atoms with Crippen molar-refractivity contribution < 1.29 is 9.53 Å². The zero-order chi connectivity index (χ0) is 17.9. The van der Waals surface area contributed by atoms with E-state index in [1.165, 1.54) is 0 Å². The van der Waals surface area contributed by atoms with Gasteiger partial charge in [0.15, 0.2) is 0 Å². The number of esters is 1. The summed E-state index contributed by atoms with van der Waals surface area (Å²) in [5.41, 5.74) is 3.01. The van der Waals surface area contributed by atoms with Crippen LogP contribution in [0.3, 0.4) is 0 Å². The Hall–Kier alpha value is -3.58. The molecule has 0 radical (unpaired) electrons. The lowest BCUT2D eigenvalue weighted by atomic mass is 10.0. The molecule has 0 atom stereocenters. The van der Waals surface area contributed by atoms with Gasteiger partial charge in [-0.05, 0) is 28.5 Å². The van der Waals surface area contributed by atoms with Gasteiger partial charge in [-0.3, -0.25) is 4.79 Å². The fourth-order valence-corrected chi connectivity index (χ4v) is 3.23. The fourth-order valence-electron chi connectivity index (χ4n) is 3.23. The highest BCUT2D eigenvalue weighted by atomic mass is 16.5. The summed E-state index contributed by atoms with van der Waals surface area (Å²) in [5.74, 6) is -0.305. The lowest BCUT2D eigenvalue weighted by molar-refractivity contribution is -0.144. The number of nitriles is 1. The summed E-state index contributed by atoms with van der Waals surface area (Å²) < 4.78 is 7.32. The first kappa shape index (κ1) is 15.9. The Balaban J connectivity index is 1.52. The lowest BCUT2D eigenvalue weighted by Crippen LogP contribution is -2.08. The molecule has 4 aromatic rings. The standard InChI is InChI=1S/C22H16N2O2/c23-13-20-18(14-24-11-4-3-10-21(20)24)15-26-22(25)12-17-8-5-7-16-6-1-2-9-19(16)17/h1-11,14H,12,15H2. The van der Waals surface area contributed by atoms with Gasteiger partial charge in [-0.2, -0.15) is 5.26 Å². The van der Waals surface area contributed by atoms with Crippen LogP contribution in [0.4, 0.5) is 0 Å². The van der Waals surface area contributed by atoms with E-state index in [4.69, 9.17) is 4.74 Å². The van der Waals surface area contributed by atoms with Crippen molar-refractivity contribution >= 4 is 22.3 Å². The largest absolute Gasteiger partial charge is 0.460 e. The molecule has 4 nitrogen and oxygen atoms in total. The van der Waals surface area contributed by atoms with E-state index in [9.17, 15) is 10.1 Å². The molecule has 2 aromatic carbocycles. The van der Waals surface area contributed by atoms with E-state index in [-0.39, 0.29) is 19.0 Å². The van der Waals surface area contributed by atoms with Crippen LogP contribution in [0, 0.1) is 11.3 Å². The number of ether oxygens (including phenoxy) is 1. The van der Waals surface area contributed by atoms with Crippen LogP contribution in [0.2, 0.25) is 0 Å². The van der Waals surface area contributed by atoms with Gasteiger partial charge in [-0.1, -0.05) is 48.5 Å². The Kier molecular flexibility index (Phi) is 4.12. The third kappa shape index (κ3) is 2.91. The molecule has 0 fully saturated rings. The number of pyridine rings is 1. The van der Waals surface area contributed by atoms with Gasteiger partial charge in [-0.15, -0.1) is 0 Å². The Labute approximate surface area is 150 Å². The van der Waals surface area contributed by atoms with Crippen LogP contribution in [-0.4, -0.2) is 10.4 Å². The number of fused-ring (bicyclic) bond motifs is 2. The van der Waals surface area contributed by atoms with Crippen LogP contribution in [0.25, 0.3) is 16.3 Å². The van der Waals surface area contributed by atoms with Crippen molar-refractivity contribution in [3.8, 4) is 6.07 Å². The number of hydrogen-bond donors (Lipinski definition) is 0. The van der Waals surface area contributed by atoms with E-state index in [0.717, 1.165) is 21.9 Å². The summed E-state index contributed by atoms with van der Waals surface area (Å²) in [6, 6.07) is 21.7. The second kappa shape index (κ2) is 6.73. The first-order chi connectivity index (χ1) is 12.8. The molecule has 0 aliphatic carbocycles. The number of carbonyl (C=O) groups is 1. The zero-order valence-electron chi connectivity index (χ0n) is 14.1. The van der Waals surface area contributed by atoms with Crippen molar-refractivity contribution in [3.63, 3.8) is 0 Å². The van der Waals surface area contributed by atoms with Gasteiger partial charge >= 0.3 is 5.97 Å². The molecule has 4 rings (SSSR count). The number of carbonyl (C=O) groups excluding carboxylic acids is 1. The zero-order valence-corrected chi connectivity index (χ0v) is 14.1. The Bertz CT molecular complexity index is 1150. The number of hydrogen-bond acceptors (Lipinski definition) is 3. The Morgan fingerprint density at radius 1 is 1.00 bits per heavy atom. The van der Waals surface area contributed by atoms with Crippen molar-refractivity contribution in [2.45, 2.75) is 13.0 Å². The molecule has 26 heavy (non-hydrogen) atoms. The monoisotopic (exact) mass is 340 g/mol. The van der Waals surface area contributed by atoms with Crippen LogP contribution in [0.15, 0.2) is 73.1 Å². The van der Waals surface area contributed by atoms with E-state index in [1.807, 2.05) is 77.5 Å². The summed E-state index contributed by atoms with van der Waals surface area (Å²) in [7, 11) is 0. The Morgan fingerprint density at radius 3 is 2.69 bits per heavy atom. The normalized spacial score (nSPS) is 10.7. The highest BCUT2D eigenvalue weighted by Gasteiger charge is 2.13. The first-order valence-corrected chi connectivity index (χ1v) is 8.37. The van der Waals surface area contributed by atoms with Crippen LogP contribution in [0.1, 0.15) is 16.7 Å². The van der Waals surface area contributed by atoms with Crippen LogP contribution in [-0.2, 0) is 22.6 Å². The molecule has 0 N–H and O–H groups in total. The average Bonchev–Trinajstić information content (AvgIpc) is 3.04. The maximum absolute atomic E-state index is 12.3. The highest BCUT2D eigenvalue weighted by molar-refractivity contribution is 5.89. The highest BCUT2D eigenvalue weighted by Crippen LogP contribution is 2.21. The average molecular weight is 340 g/mol. The van der Waals surface area contributed by atoms with Gasteiger partial charge in [0.25, 0.3) is 0 Å². The minimum Gasteiger partial charge on any atom is -0.460 e. The minimum atomic E-state index is -0.305. The minimum absolute atomic E-state index is 0.0914. The fraction of sp³-hybridized carbons (Fsp3) is 0.0909. The summed E-state index contributed by atoms with van der Waals surface area (Å²) in [6.07, 6.45) is 3.91. The molecule has 0 amide bonds. The van der Waals surface area contributed by atoms with Crippen LogP contribution < -0.4 is 0 Å². The first-order valence-electron chi connectivity index (χ1n) is 8.37. The van der Waals surface area contributed by atoms with Crippen molar-refractivity contribution in [1.29, 1.82) is 5.26 Å². The number of nitrogens with zero attached hydrogens (tertiary/aromatic N) is 2. The predicted octanol–water partition coefficient (Wildman–Crippen LogP) is 4.25. The van der Waals surface area contributed by atoms with Gasteiger partial charge < -0.3 is 9.14 Å². The van der Waals surface area contributed by atoms with Gasteiger partial charge in [0.1, 0.15) is 12.7 Å². The quantitative estimate of drug-likeness (QED) is 0.522. The molecule has 0 bridgehead atoms. The molecular weight excluding hydrogens is 324 g/mol.